The highest BCUT2D eigenvalue weighted by molar-refractivity contribution is 5.43. The number of hydrogen-bond donors (Lipinski definition) is 1. The molecule has 1 aromatic carbocycles. The Hall–Kier alpha value is -1.06. The minimum absolute atomic E-state index is 0.994. The maximum atomic E-state index is 5.37. The highest BCUT2D eigenvalue weighted by Gasteiger charge is 2.12. The van der Waals surface area contributed by atoms with E-state index in [-0.39, 0.29) is 0 Å². The van der Waals surface area contributed by atoms with E-state index in [0.29, 0.717) is 0 Å². The van der Waals surface area contributed by atoms with Gasteiger partial charge in [0.2, 0.25) is 0 Å². The minimum Gasteiger partial charge on any atom is -0.496 e. The summed E-state index contributed by atoms with van der Waals surface area (Å²) in [7, 11) is 1.74. The van der Waals surface area contributed by atoms with Gasteiger partial charge in [0.1, 0.15) is 5.75 Å². The molecule has 0 aliphatic carbocycles. The standard InChI is InChI=1S/C15H24N2O/c1-12-13(2)15(18-3)6-5-14(12)11-17-9-4-7-16-8-10-17/h5-6,16H,4,7-11H2,1-3H3. The van der Waals surface area contributed by atoms with E-state index in [1.165, 1.54) is 29.7 Å². The molecule has 1 heterocycles. The third-order valence-corrected chi connectivity index (χ3v) is 3.90. The van der Waals surface area contributed by atoms with Gasteiger partial charge in [0, 0.05) is 19.6 Å². The van der Waals surface area contributed by atoms with Crippen molar-refractivity contribution >= 4 is 0 Å². The Kier molecular flexibility index (Phi) is 4.61. The van der Waals surface area contributed by atoms with E-state index in [4.69, 9.17) is 4.74 Å². The van der Waals surface area contributed by atoms with E-state index in [9.17, 15) is 0 Å². The van der Waals surface area contributed by atoms with Gasteiger partial charge in [-0.2, -0.15) is 0 Å². The molecule has 1 fully saturated rings. The summed E-state index contributed by atoms with van der Waals surface area (Å²) in [4.78, 5) is 2.54. The monoisotopic (exact) mass is 248 g/mol. The zero-order valence-electron chi connectivity index (χ0n) is 11.8. The summed E-state index contributed by atoms with van der Waals surface area (Å²) in [6, 6.07) is 4.30. The van der Waals surface area contributed by atoms with E-state index in [2.05, 4.69) is 36.2 Å². The van der Waals surface area contributed by atoms with Crippen LogP contribution < -0.4 is 10.1 Å². The van der Waals surface area contributed by atoms with Gasteiger partial charge >= 0.3 is 0 Å². The normalized spacial score (nSPS) is 17.5. The number of benzene rings is 1. The summed E-state index contributed by atoms with van der Waals surface area (Å²) >= 11 is 0. The van der Waals surface area contributed by atoms with Crippen molar-refractivity contribution in [3.05, 3.63) is 28.8 Å². The van der Waals surface area contributed by atoms with E-state index in [0.717, 1.165) is 31.9 Å². The van der Waals surface area contributed by atoms with Crippen LogP contribution in [0.2, 0.25) is 0 Å². The Bertz CT molecular complexity index is 396. The SMILES string of the molecule is COc1ccc(CN2CCCNCC2)c(C)c1C. The smallest absolute Gasteiger partial charge is 0.122 e. The molecule has 2 rings (SSSR count). The lowest BCUT2D eigenvalue weighted by Crippen LogP contribution is -2.28. The van der Waals surface area contributed by atoms with E-state index in [1.807, 2.05) is 0 Å². The second-order valence-electron chi connectivity index (χ2n) is 5.06. The first kappa shape index (κ1) is 13.4. The van der Waals surface area contributed by atoms with Gasteiger partial charge in [-0.3, -0.25) is 4.90 Å². The molecule has 1 N–H and O–H groups in total. The zero-order valence-corrected chi connectivity index (χ0v) is 11.8. The molecule has 0 amide bonds. The highest BCUT2D eigenvalue weighted by Crippen LogP contribution is 2.24. The number of methoxy groups -OCH3 is 1. The van der Waals surface area contributed by atoms with Crippen LogP contribution in [0.25, 0.3) is 0 Å². The fraction of sp³-hybridized carbons (Fsp3) is 0.600. The van der Waals surface area contributed by atoms with E-state index >= 15 is 0 Å². The Morgan fingerprint density at radius 3 is 2.78 bits per heavy atom. The molecule has 0 saturated carbocycles. The van der Waals surface area contributed by atoms with Crippen LogP contribution in [0.1, 0.15) is 23.1 Å². The van der Waals surface area contributed by atoms with Crippen LogP contribution in [0.4, 0.5) is 0 Å². The number of nitrogens with zero attached hydrogens (tertiary/aromatic N) is 1. The summed E-state index contributed by atoms with van der Waals surface area (Å²) in [6.07, 6.45) is 1.24. The molecule has 0 aromatic heterocycles. The largest absolute Gasteiger partial charge is 0.496 e. The van der Waals surface area contributed by atoms with Crippen molar-refractivity contribution in [2.75, 3.05) is 33.3 Å². The topological polar surface area (TPSA) is 24.5 Å². The molecule has 0 atom stereocenters. The first-order valence-electron chi connectivity index (χ1n) is 6.78. The Labute approximate surface area is 110 Å². The second-order valence-corrected chi connectivity index (χ2v) is 5.06. The fourth-order valence-electron chi connectivity index (χ4n) is 2.54. The van der Waals surface area contributed by atoms with Gasteiger partial charge in [0.25, 0.3) is 0 Å². The number of nitrogens with one attached hydrogen (secondary N) is 1. The van der Waals surface area contributed by atoms with Crippen LogP contribution in [0.5, 0.6) is 5.75 Å². The number of ether oxygens (including phenoxy) is 1. The molecular formula is C15H24N2O. The van der Waals surface area contributed by atoms with Gasteiger partial charge in [0.15, 0.2) is 0 Å². The van der Waals surface area contributed by atoms with Gasteiger partial charge in [-0.05, 0) is 56.1 Å². The summed E-state index contributed by atoms with van der Waals surface area (Å²) in [5, 5.41) is 3.45. The zero-order chi connectivity index (χ0) is 13.0. The molecule has 0 spiro atoms. The highest BCUT2D eigenvalue weighted by atomic mass is 16.5. The lowest BCUT2D eigenvalue weighted by atomic mass is 10.0. The van der Waals surface area contributed by atoms with Gasteiger partial charge in [-0.1, -0.05) is 6.07 Å². The Morgan fingerprint density at radius 2 is 2.00 bits per heavy atom. The van der Waals surface area contributed by atoms with Gasteiger partial charge < -0.3 is 10.1 Å². The van der Waals surface area contributed by atoms with E-state index in [1.54, 1.807) is 7.11 Å². The second kappa shape index (κ2) is 6.21. The van der Waals surface area contributed by atoms with Crippen molar-refractivity contribution in [2.45, 2.75) is 26.8 Å². The van der Waals surface area contributed by atoms with Crippen LogP contribution >= 0.6 is 0 Å². The van der Waals surface area contributed by atoms with Gasteiger partial charge in [-0.15, -0.1) is 0 Å². The molecule has 18 heavy (non-hydrogen) atoms. The van der Waals surface area contributed by atoms with E-state index < -0.39 is 0 Å². The van der Waals surface area contributed by atoms with Crippen LogP contribution in [0.15, 0.2) is 12.1 Å². The van der Waals surface area contributed by atoms with Crippen molar-refractivity contribution < 1.29 is 4.74 Å². The van der Waals surface area contributed by atoms with Gasteiger partial charge in [-0.25, -0.2) is 0 Å². The predicted molar refractivity (Wildman–Crippen MR) is 75.2 cm³/mol. The molecule has 0 radical (unpaired) electrons. The first-order chi connectivity index (χ1) is 8.72. The molecule has 0 unspecified atom stereocenters. The number of hydrogen-bond acceptors (Lipinski definition) is 3. The molecule has 1 aliphatic heterocycles. The van der Waals surface area contributed by atoms with Gasteiger partial charge in [0.05, 0.1) is 7.11 Å². The molecule has 1 aromatic rings. The summed E-state index contributed by atoms with van der Waals surface area (Å²) < 4.78 is 5.37. The summed E-state index contributed by atoms with van der Waals surface area (Å²) in [5.41, 5.74) is 4.06. The van der Waals surface area contributed by atoms with Crippen molar-refractivity contribution in [1.29, 1.82) is 0 Å². The quantitative estimate of drug-likeness (QED) is 0.886. The molecule has 1 saturated heterocycles. The van der Waals surface area contributed by atoms with Crippen molar-refractivity contribution in [3.63, 3.8) is 0 Å². The first-order valence-corrected chi connectivity index (χ1v) is 6.78. The maximum absolute atomic E-state index is 5.37. The predicted octanol–water partition coefficient (Wildman–Crippen LogP) is 2.11. The van der Waals surface area contributed by atoms with Crippen molar-refractivity contribution in [1.82, 2.24) is 10.2 Å². The molecule has 1 aliphatic rings. The Balaban J connectivity index is 2.11. The molecular weight excluding hydrogens is 224 g/mol. The average Bonchev–Trinajstić information content (AvgIpc) is 2.64. The summed E-state index contributed by atoms with van der Waals surface area (Å²) in [6.45, 7) is 9.98. The third-order valence-electron chi connectivity index (χ3n) is 3.90. The maximum Gasteiger partial charge on any atom is 0.122 e. The minimum atomic E-state index is 0.994. The molecule has 0 bridgehead atoms. The van der Waals surface area contributed by atoms with Crippen LogP contribution in [0, 0.1) is 13.8 Å². The average molecular weight is 248 g/mol. The van der Waals surface area contributed by atoms with Crippen LogP contribution in [-0.4, -0.2) is 38.2 Å². The van der Waals surface area contributed by atoms with Crippen LogP contribution in [0.3, 0.4) is 0 Å². The van der Waals surface area contributed by atoms with Crippen molar-refractivity contribution in [2.24, 2.45) is 0 Å². The lowest BCUT2D eigenvalue weighted by Gasteiger charge is -2.21. The van der Waals surface area contributed by atoms with Crippen LogP contribution in [-0.2, 0) is 6.54 Å². The lowest BCUT2D eigenvalue weighted by molar-refractivity contribution is 0.283. The molecule has 100 valence electrons. The third kappa shape index (κ3) is 3.03. The van der Waals surface area contributed by atoms with Crippen molar-refractivity contribution in [3.8, 4) is 5.75 Å². The fourth-order valence-corrected chi connectivity index (χ4v) is 2.54. The summed E-state index contributed by atoms with van der Waals surface area (Å²) in [5.74, 6) is 0.994. The molecule has 3 heteroatoms. The molecule has 3 nitrogen and oxygen atoms in total. The Morgan fingerprint density at radius 1 is 1.17 bits per heavy atom. The number of rotatable bonds is 3.